The normalized spacial score (nSPS) is 16.5. The Morgan fingerprint density at radius 1 is 1.25 bits per heavy atom. The van der Waals surface area contributed by atoms with Gasteiger partial charge in [0.2, 0.25) is 0 Å². The lowest BCUT2D eigenvalue weighted by atomic mass is 9.94. The molecule has 0 unspecified atom stereocenters. The highest BCUT2D eigenvalue weighted by Gasteiger charge is 2.25. The number of rotatable bonds is 2. The fourth-order valence-corrected chi connectivity index (χ4v) is 2.93. The summed E-state index contributed by atoms with van der Waals surface area (Å²) in [5.74, 6) is -0.148. The van der Waals surface area contributed by atoms with Gasteiger partial charge in [-0.2, -0.15) is 0 Å². The predicted octanol–water partition coefficient (Wildman–Crippen LogP) is 3.98. The molecule has 0 N–H and O–H groups in total. The number of carbonyl (C=O) groups excluding carboxylic acids is 1. The second kappa shape index (κ2) is 5.27. The molecule has 1 aromatic carbocycles. The number of hydrogen-bond donors (Lipinski definition) is 0. The highest BCUT2D eigenvalue weighted by molar-refractivity contribution is 5.96. The first-order chi connectivity index (χ1) is 9.65. The zero-order valence-corrected chi connectivity index (χ0v) is 11.6. The lowest BCUT2D eigenvalue weighted by molar-refractivity contribution is 0.0666. The Morgan fingerprint density at radius 3 is 2.75 bits per heavy atom. The average molecular weight is 275 g/mol. The van der Waals surface area contributed by atoms with E-state index in [2.05, 4.69) is 0 Å². The summed E-state index contributed by atoms with van der Waals surface area (Å²) in [6, 6.07) is 6.20. The molecule has 1 saturated carbocycles. The summed E-state index contributed by atoms with van der Waals surface area (Å²) < 4.78 is 18.7. The van der Waals surface area contributed by atoms with E-state index in [-0.39, 0.29) is 11.7 Å². The standard InChI is InChI=1S/C16H18FNO2/c1-18(13-5-3-2-4-6-13)16(19)15-10-11-9-12(17)7-8-14(11)20-15/h7-10,13H,2-6H2,1H3. The fraction of sp³-hybridized carbons (Fsp3) is 0.438. The minimum absolute atomic E-state index is 0.117. The highest BCUT2D eigenvalue weighted by Crippen LogP contribution is 2.25. The topological polar surface area (TPSA) is 33.5 Å². The van der Waals surface area contributed by atoms with E-state index in [1.807, 2.05) is 7.05 Å². The summed E-state index contributed by atoms with van der Waals surface area (Å²) in [6.07, 6.45) is 5.71. The van der Waals surface area contributed by atoms with Crippen molar-refractivity contribution in [3.05, 3.63) is 35.8 Å². The summed E-state index contributed by atoms with van der Waals surface area (Å²) in [4.78, 5) is 14.2. The Bertz CT molecular complexity index is 628. The van der Waals surface area contributed by atoms with Crippen molar-refractivity contribution in [2.75, 3.05) is 7.05 Å². The molecule has 4 heteroatoms. The first kappa shape index (κ1) is 13.2. The summed E-state index contributed by atoms with van der Waals surface area (Å²) in [7, 11) is 1.83. The van der Waals surface area contributed by atoms with E-state index in [1.165, 1.54) is 31.4 Å². The van der Waals surface area contributed by atoms with E-state index in [4.69, 9.17) is 4.42 Å². The molecule has 1 aliphatic rings. The smallest absolute Gasteiger partial charge is 0.289 e. The van der Waals surface area contributed by atoms with E-state index >= 15 is 0 Å². The number of benzene rings is 1. The molecule has 0 bridgehead atoms. The summed E-state index contributed by atoms with van der Waals surface area (Å²) in [6.45, 7) is 0. The highest BCUT2D eigenvalue weighted by atomic mass is 19.1. The Balaban J connectivity index is 1.84. The third-order valence-electron chi connectivity index (χ3n) is 4.13. The van der Waals surface area contributed by atoms with Crippen molar-refractivity contribution in [3.8, 4) is 0 Å². The van der Waals surface area contributed by atoms with Crippen molar-refractivity contribution in [2.45, 2.75) is 38.1 Å². The second-order valence-electron chi connectivity index (χ2n) is 5.50. The lowest BCUT2D eigenvalue weighted by Gasteiger charge is -2.30. The van der Waals surface area contributed by atoms with Gasteiger partial charge in [0.05, 0.1) is 0 Å². The van der Waals surface area contributed by atoms with Gasteiger partial charge >= 0.3 is 0 Å². The molecular formula is C16H18FNO2. The first-order valence-corrected chi connectivity index (χ1v) is 7.11. The fourth-order valence-electron chi connectivity index (χ4n) is 2.93. The van der Waals surface area contributed by atoms with Gasteiger partial charge in [-0.3, -0.25) is 4.79 Å². The average Bonchev–Trinajstić information content (AvgIpc) is 2.89. The molecule has 0 atom stereocenters. The van der Waals surface area contributed by atoms with Crippen LogP contribution in [0.3, 0.4) is 0 Å². The SMILES string of the molecule is CN(C(=O)c1cc2cc(F)ccc2o1)C1CCCCC1. The monoisotopic (exact) mass is 275 g/mol. The molecule has 20 heavy (non-hydrogen) atoms. The van der Waals surface area contributed by atoms with E-state index < -0.39 is 0 Å². The third-order valence-corrected chi connectivity index (χ3v) is 4.13. The van der Waals surface area contributed by atoms with Gasteiger partial charge in [0.25, 0.3) is 5.91 Å². The maximum Gasteiger partial charge on any atom is 0.289 e. The van der Waals surface area contributed by atoms with Crippen LogP contribution < -0.4 is 0 Å². The molecule has 0 spiro atoms. The van der Waals surface area contributed by atoms with Crippen LogP contribution in [-0.4, -0.2) is 23.9 Å². The molecule has 1 fully saturated rings. The largest absolute Gasteiger partial charge is 0.451 e. The Morgan fingerprint density at radius 2 is 2.00 bits per heavy atom. The predicted molar refractivity (Wildman–Crippen MR) is 75.1 cm³/mol. The van der Waals surface area contributed by atoms with Gasteiger partial charge in [0.15, 0.2) is 5.76 Å². The van der Waals surface area contributed by atoms with Gasteiger partial charge in [0.1, 0.15) is 11.4 Å². The molecule has 0 radical (unpaired) electrons. The van der Waals surface area contributed by atoms with Gasteiger partial charge in [-0.15, -0.1) is 0 Å². The first-order valence-electron chi connectivity index (χ1n) is 7.11. The van der Waals surface area contributed by atoms with Gasteiger partial charge in [-0.1, -0.05) is 19.3 Å². The van der Waals surface area contributed by atoms with E-state index in [1.54, 1.807) is 17.0 Å². The van der Waals surface area contributed by atoms with Crippen molar-refractivity contribution < 1.29 is 13.6 Å². The van der Waals surface area contributed by atoms with Crippen LogP contribution in [0.15, 0.2) is 28.7 Å². The molecule has 3 nitrogen and oxygen atoms in total. The molecule has 1 aromatic heterocycles. The van der Waals surface area contributed by atoms with Crippen LogP contribution in [0.1, 0.15) is 42.7 Å². The maximum atomic E-state index is 13.2. The molecule has 1 aliphatic carbocycles. The van der Waals surface area contributed by atoms with Crippen molar-refractivity contribution in [1.82, 2.24) is 4.90 Å². The molecule has 0 aliphatic heterocycles. The Hall–Kier alpha value is -1.84. The van der Waals surface area contributed by atoms with Crippen LogP contribution >= 0.6 is 0 Å². The van der Waals surface area contributed by atoms with E-state index in [0.717, 1.165) is 12.8 Å². The Labute approximate surface area is 117 Å². The summed E-state index contributed by atoms with van der Waals surface area (Å²) >= 11 is 0. The molecule has 1 amide bonds. The number of carbonyl (C=O) groups is 1. The number of nitrogens with zero attached hydrogens (tertiary/aromatic N) is 1. The number of amides is 1. The van der Waals surface area contributed by atoms with Crippen LogP contribution in [0.25, 0.3) is 11.0 Å². The number of halogens is 1. The van der Waals surface area contributed by atoms with Gasteiger partial charge in [-0.05, 0) is 37.1 Å². The molecule has 2 aromatic rings. The van der Waals surface area contributed by atoms with Gasteiger partial charge in [-0.25, -0.2) is 4.39 Å². The van der Waals surface area contributed by atoms with Crippen molar-refractivity contribution >= 4 is 16.9 Å². The molecule has 106 valence electrons. The number of furan rings is 1. The van der Waals surface area contributed by atoms with Crippen LogP contribution in [0, 0.1) is 5.82 Å². The Kier molecular flexibility index (Phi) is 3.47. The van der Waals surface area contributed by atoms with Gasteiger partial charge in [0, 0.05) is 18.5 Å². The van der Waals surface area contributed by atoms with Crippen LogP contribution in [0.4, 0.5) is 4.39 Å². The van der Waals surface area contributed by atoms with Crippen LogP contribution in [0.5, 0.6) is 0 Å². The number of fused-ring (bicyclic) bond motifs is 1. The zero-order valence-electron chi connectivity index (χ0n) is 11.6. The second-order valence-corrected chi connectivity index (χ2v) is 5.50. The van der Waals surface area contributed by atoms with E-state index in [9.17, 15) is 9.18 Å². The maximum absolute atomic E-state index is 13.2. The summed E-state index contributed by atoms with van der Waals surface area (Å²) in [5.41, 5.74) is 0.548. The third kappa shape index (κ3) is 2.42. The van der Waals surface area contributed by atoms with Crippen LogP contribution in [0.2, 0.25) is 0 Å². The summed E-state index contributed by atoms with van der Waals surface area (Å²) in [5, 5.41) is 0.630. The van der Waals surface area contributed by atoms with Gasteiger partial charge < -0.3 is 9.32 Å². The minimum atomic E-state index is -0.321. The molecule has 1 heterocycles. The van der Waals surface area contributed by atoms with Crippen molar-refractivity contribution in [3.63, 3.8) is 0 Å². The van der Waals surface area contributed by atoms with Crippen molar-refractivity contribution in [1.29, 1.82) is 0 Å². The lowest BCUT2D eigenvalue weighted by Crippen LogP contribution is -2.38. The van der Waals surface area contributed by atoms with Crippen molar-refractivity contribution in [2.24, 2.45) is 0 Å². The molecule has 0 saturated heterocycles. The van der Waals surface area contributed by atoms with E-state index in [0.29, 0.717) is 22.8 Å². The number of hydrogen-bond acceptors (Lipinski definition) is 2. The zero-order chi connectivity index (χ0) is 14.1. The van der Waals surface area contributed by atoms with Crippen LogP contribution in [-0.2, 0) is 0 Å². The minimum Gasteiger partial charge on any atom is -0.451 e. The quantitative estimate of drug-likeness (QED) is 0.830. The molecular weight excluding hydrogens is 257 g/mol. The molecule has 3 rings (SSSR count).